The van der Waals surface area contributed by atoms with Crippen LogP contribution >= 0.6 is 0 Å². The molecule has 0 aliphatic heterocycles. The summed E-state index contributed by atoms with van der Waals surface area (Å²) in [5.74, 6) is 1.42. The largest absolute Gasteiger partial charge is 0.497 e. The summed E-state index contributed by atoms with van der Waals surface area (Å²) < 4.78 is 20.6. The van der Waals surface area contributed by atoms with E-state index in [1.54, 1.807) is 36.4 Å². The van der Waals surface area contributed by atoms with Gasteiger partial charge in [0.25, 0.3) is 0 Å². The monoisotopic (exact) mass is 332 g/mol. The van der Waals surface area contributed by atoms with Crippen molar-refractivity contribution in [1.29, 1.82) is 0 Å². The average Bonchev–Trinajstić information content (AvgIpc) is 2.65. The fourth-order valence-corrected chi connectivity index (χ4v) is 2.25. The molecule has 0 radical (unpaired) electrons. The smallest absolute Gasteiger partial charge is 0.196 e. The molecule has 24 heavy (non-hydrogen) atoms. The second kappa shape index (κ2) is 7.70. The Morgan fingerprint density at radius 1 is 0.750 bits per heavy atom. The lowest BCUT2D eigenvalue weighted by molar-refractivity contribution is 0.0746. The minimum atomic E-state index is -1.37. The third kappa shape index (κ3) is 3.78. The Kier molecular flexibility index (Phi) is 5.65. The zero-order chi connectivity index (χ0) is 17.7. The van der Waals surface area contributed by atoms with Crippen molar-refractivity contribution in [2.45, 2.75) is 6.10 Å². The van der Waals surface area contributed by atoms with Gasteiger partial charge in [0.05, 0.1) is 28.4 Å². The van der Waals surface area contributed by atoms with Crippen LogP contribution in [-0.4, -0.2) is 39.3 Å². The van der Waals surface area contributed by atoms with Gasteiger partial charge in [-0.15, -0.1) is 0 Å². The van der Waals surface area contributed by atoms with Crippen LogP contribution in [0, 0.1) is 0 Å². The fourth-order valence-electron chi connectivity index (χ4n) is 2.25. The lowest BCUT2D eigenvalue weighted by Crippen LogP contribution is -2.13. The Labute approximate surface area is 140 Å². The summed E-state index contributed by atoms with van der Waals surface area (Å²) in [6.07, 6.45) is -1.37. The molecular formula is C18H20O6. The van der Waals surface area contributed by atoms with Crippen LogP contribution < -0.4 is 18.9 Å². The van der Waals surface area contributed by atoms with Crippen molar-refractivity contribution in [3.8, 4) is 23.0 Å². The van der Waals surface area contributed by atoms with Gasteiger partial charge < -0.3 is 24.1 Å². The Hall–Kier alpha value is -2.73. The van der Waals surface area contributed by atoms with E-state index in [4.69, 9.17) is 18.9 Å². The Balaban J connectivity index is 2.39. The van der Waals surface area contributed by atoms with Crippen molar-refractivity contribution in [1.82, 2.24) is 0 Å². The second-order valence-electron chi connectivity index (χ2n) is 5.01. The number of rotatable bonds is 7. The lowest BCUT2D eigenvalue weighted by Gasteiger charge is -2.14. The molecule has 0 fully saturated rings. The molecule has 0 unspecified atom stereocenters. The molecule has 2 aromatic carbocycles. The second-order valence-corrected chi connectivity index (χ2v) is 5.01. The summed E-state index contributed by atoms with van der Waals surface area (Å²) in [4.78, 5) is 12.6. The van der Waals surface area contributed by atoms with Crippen LogP contribution in [-0.2, 0) is 0 Å². The number of carbonyl (C=O) groups is 1. The molecule has 0 amide bonds. The highest BCUT2D eigenvalue weighted by Gasteiger charge is 2.22. The number of hydrogen-bond donors (Lipinski definition) is 1. The normalized spacial score (nSPS) is 11.5. The van der Waals surface area contributed by atoms with Crippen molar-refractivity contribution in [2.75, 3.05) is 28.4 Å². The first kappa shape index (κ1) is 17.6. The quantitative estimate of drug-likeness (QED) is 0.786. The third-order valence-corrected chi connectivity index (χ3v) is 3.57. The molecule has 1 N–H and O–H groups in total. The Morgan fingerprint density at radius 2 is 1.12 bits per heavy atom. The van der Waals surface area contributed by atoms with Crippen molar-refractivity contribution in [3.05, 3.63) is 47.5 Å². The molecule has 0 saturated carbocycles. The molecule has 0 spiro atoms. The van der Waals surface area contributed by atoms with Crippen LogP contribution in [0.3, 0.4) is 0 Å². The van der Waals surface area contributed by atoms with E-state index in [-0.39, 0.29) is 5.56 Å². The number of aliphatic hydroxyl groups is 1. The number of hydrogen-bond acceptors (Lipinski definition) is 6. The minimum Gasteiger partial charge on any atom is -0.497 e. The maximum atomic E-state index is 12.6. The molecule has 2 rings (SSSR count). The minimum absolute atomic E-state index is 0.278. The molecular weight excluding hydrogens is 312 g/mol. The van der Waals surface area contributed by atoms with E-state index in [9.17, 15) is 9.90 Å². The highest BCUT2D eigenvalue weighted by atomic mass is 16.5. The van der Waals surface area contributed by atoms with Crippen molar-refractivity contribution < 1.29 is 28.8 Å². The first-order valence-electron chi connectivity index (χ1n) is 7.20. The first-order valence-corrected chi connectivity index (χ1v) is 7.20. The van der Waals surface area contributed by atoms with E-state index < -0.39 is 11.9 Å². The molecule has 0 saturated heterocycles. The number of Topliss-reactive ketones (excluding diaryl/α,β-unsaturated/α-hetero) is 1. The van der Waals surface area contributed by atoms with E-state index in [0.717, 1.165) is 0 Å². The van der Waals surface area contributed by atoms with Crippen LogP contribution in [0.4, 0.5) is 0 Å². The van der Waals surface area contributed by atoms with E-state index in [2.05, 4.69) is 0 Å². The number of ether oxygens (including phenoxy) is 4. The number of aliphatic hydroxyl groups excluding tert-OH is 1. The molecule has 0 aromatic heterocycles. The molecule has 2 aromatic rings. The van der Waals surface area contributed by atoms with E-state index in [0.29, 0.717) is 28.6 Å². The van der Waals surface area contributed by atoms with Gasteiger partial charge in [-0.1, -0.05) is 0 Å². The summed E-state index contributed by atoms with van der Waals surface area (Å²) in [6, 6.07) is 9.58. The van der Waals surface area contributed by atoms with Crippen molar-refractivity contribution in [3.63, 3.8) is 0 Å². The van der Waals surface area contributed by atoms with Crippen LogP contribution in [0.1, 0.15) is 22.0 Å². The van der Waals surface area contributed by atoms with E-state index >= 15 is 0 Å². The molecule has 6 heteroatoms. The van der Waals surface area contributed by atoms with Crippen molar-refractivity contribution in [2.24, 2.45) is 0 Å². The van der Waals surface area contributed by atoms with Gasteiger partial charge in [0.1, 0.15) is 29.1 Å². The predicted octanol–water partition coefficient (Wildman–Crippen LogP) is 2.64. The molecule has 128 valence electrons. The van der Waals surface area contributed by atoms with Gasteiger partial charge in [-0.2, -0.15) is 0 Å². The van der Waals surface area contributed by atoms with Crippen molar-refractivity contribution >= 4 is 5.78 Å². The zero-order valence-electron chi connectivity index (χ0n) is 14.0. The van der Waals surface area contributed by atoms with Gasteiger partial charge >= 0.3 is 0 Å². The predicted molar refractivity (Wildman–Crippen MR) is 88.4 cm³/mol. The maximum Gasteiger partial charge on any atom is 0.196 e. The van der Waals surface area contributed by atoms with Crippen LogP contribution in [0.5, 0.6) is 23.0 Å². The van der Waals surface area contributed by atoms with Gasteiger partial charge in [0.15, 0.2) is 5.78 Å². The van der Waals surface area contributed by atoms with Gasteiger partial charge in [-0.3, -0.25) is 4.79 Å². The molecule has 0 aliphatic carbocycles. The van der Waals surface area contributed by atoms with E-state index in [1.807, 2.05) is 0 Å². The summed E-state index contributed by atoms with van der Waals surface area (Å²) in [6.45, 7) is 0. The lowest BCUT2D eigenvalue weighted by atomic mass is 9.99. The van der Waals surface area contributed by atoms with Gasteiger partial charge in [-0.25, -0.2) is 0 Å². The number of benzene rings is 2. The van der Waals surface area contributed by atoms with Crippen LogP contribution in [0.2, 0.25) is 0 Å². The molecule has 0 heterocycles. The molecule has 0 bridgehead atoms. The standard InChI is InChI=1S/C18H20O6/c1-21-13-5-11(6-14(9-13)22-2)17(19)18(20)12-7-15(23-3)10-16(8-12)24-4/h5-10,17,19H,1-4H3/t17-/m1/s1. The molecule has 1 atom stereocenters. The first-order chi connectivity index (χ1) is 11.5. The topological polar surface area (TPSA) is 74.2 Å². The van der Waals surface area contributed by atoms with E-state index in [1.165, 1.54) is 28.4 Å². The average molecular weight is 332 g/mol. The number of ketones is 1. The number of methoxy groups -OCH3 is 4. The van der Waals surface area contributed by atoms with Gasteiger partial charge in [0.2, 0.25) is 0 Å². The Bertz CT molecular complexity index is 681. The highest BCUT2D eigenvalue weighted by molar-refractivity contribution is 6.00. The highest BCUT2D eigenvalue weighted by Crippen LogP contribution is 2.30. The van der Waals surface area contributed by atoms with Gasteiger partial charge in [-0.05, 0) is 29.8 Å². The van der Waals surface area contributed by atoms with Gasteiger partial charge in [0, 0.05) is 17.7 Å². The summed E-state index contributed by atoms with van der Waals surface area (Å²) in [5, 5.41) is 10.5. The molecule has 0 aliphatic rings. The Morgan fingerprint density at radius 3 is 1.50 bits per heavy atom. The molecule has 6 nitrogen and oxygen atoms in total. The third-order valence-electron chi connectivity index (χ3n) is 3.57. The summed E-state index contributed by atoms with van der Waals surface area (Å²) in [5.41, 5.74) is 0.651. The number of carbonyl (C=O) groups excluding carboxylic acids is 1. The maximum absolute atomic E-state index is 12.6. The summed E-state index contributed by atoms with van der Waals surface area (Å²) >= 11 is 0. The fraction of sp³-hybridized carbons (Fsp3) is 0.278. The van der Waals surface area contributed by atoms with Crippen LogP contribution in [0.25, 0.3) is 0 Å². The SMILES string of the molecule is COc1cc(OC)cc(C(=O)[C@H](O)c2cc(OC)cc(OC)c2)c1. The zero-order valence-corrected chi connectivity index (χ0v) is 14.0. The van der Waals surface area contributed by atoms with Crippen LogP contribution in [0.15, 0.2) is 36.4 Å². The summed E-state index contributed by atoms with van der Waals surface area (Å²) in [7, 11) is 5.98.